The van der Waals surface area contributed by atoms with Crippen LogP contribution in [-0.4, -0.2) is 42.2 Å². The van der Waals surface area contributed by atoms with Crippen LogP contribution in [-0.2, 0) is 11.2 Å². The van der Waals surface area contributed by atoms with E-state index in [0.717, 1.165) is 42.0 Å². The fourth-order valence-electron chi connectivity index (χ4n) is 3.68. The summed E-state index contributed by atoms with van der Waals surface area (Å²) >= 11 is 1.56. The molecule has 3 heterocycles. The van der Waals surface area contributed by atoms with Crippen LogP contribution in [0.4, 0.5) is 11.4 Å². The Morgan fingerprint density at radius 1 is 1.00 bits per heavy atom. The molecule has 5 rings (SSSR count). The third-order valence-electron chi connectivity index (χ3n) is 5.43. The minimum Gasteiger partial charge on any atom is -0.459 e. The first-order valence-corrected chi connectivity index (χ1v) is 11.9. The minimum absolute atomic E-state index is 0.274. The Labute approximate surface area is 202 Å². The van der Waals surface area contributed by atoms with E-state index in [-0.39, 0.29) is 11.7 Å². The molecule has 0 saturated carbocycles. The molecule has 0 unspecified atom stereocenters. The molecule has 1 N–H and O–H groups in total. The first kappa shape index (κ1) is 22.2. The molecule has 1 aliphatic heterocycles. The largest absolute Gasteiger partial charge is 0.459 e. The van der Waals surface area contributed by atoms with E-state index in [1.165, 1.54) is 17.5 Å². The van der Waals surface area contributed by atoms with Gasteiger partial charge in [-0.1, -0.05) is 23.9 Å². The Hall–Kier alpha value is -3.62. The Kier molecular flexibility index (Phi) is 6.88. The number of anilines is 2. The van der Waals surface area contributed by atoms with Crippen LogP contribution >= 0.6 is 11.8 Å². The van der Waals surface area contributed by atoms with Crippen LogP contribution in [0, 0.1) is 0 Å². The number of carbonyl (C=O) groups is 1. The summed E-state index contributed by atoms with van der Waals surface area (Å²) in [5, 5.41) is 3.70. The molecule has 1 amide bonds. The molecule has 0 spiro atoms. The van der Waals surface area contributed by atoms with Gasteiger partial charge in [-0.25, -0.2) is 9.97 Å². The molecule has 1 aliphatic rings. The number of carbonyl (C=O) groups excluding carboxylic acids is 1. The number of benzene rings is 2. The molecule has 172 valence electrons. The van der Waals surface area contributed by atoms with Crippen molar-refractivity contribution in [2.24, 2.45) is 0 Å². The molecule has 0 radical (unpaired) electrons. The Bertz CT molecular complexity index is 1220. The first-order chi connectivity index (χ1) is 16.7. The third kappa shape index (κ3) is 5.65. The summed E-state index contributed by atoms with van der Waals surface area (Å²) in [6.07, 6.45) is 3.95. The second kappa shape index (κ2) is 10.5. The number of rotatable bonds is 7. The van der Waals surface area contributed by atoms with Crippen molar-refractivity contribution in [2.45, 2.75) is 16.3 Å². The topological polar surface area (TPSA) is 80.5 Å². The molecule has 2 aromatic carbocycles. The molecule has 0 atom stereocenters. The molecule has 4 aromatic rings. The van der Waals surface area contributed by atoms with Crippen molar-refractivity contribution in [3.63, 3.8) is 0 Å². The second-order valence-corrected chi connectivity index (χ2v) is 8.91. The lowest BCUT2D eigenvalue weighted by molar-refractivity contribution is 0.0996. The molecule has 1 fully saturated rings. The van der Waals surface area contributed by atoms with Crippen molar-refractivity contribution in [3.8, 4) is 0 Å². The number of hydrogen-bond donors (Lipinski definition) is 1. The van der Waals surface area contributed by atoms with Crippen LogP contribution in [0.5, 0.6) is 0 Å². The lowest BCUT2D eigenvalue weighted by Crippen LogP contribution is -2.36. The lowest BCUT2D eigenvalue weighted by atomic mass is 10.1. The maximum absolute atomic E-state index is 12.1. The van der Waals surface area contributed by atoms with Gasteiger partial charge in [0.1, 0.15) is 10.9 Å². The van der Waals surface area contributed by atoms with Crippen LogP contribution in [0.1, 0.15) is 21.9 Å². The number of aromatic nitrogens is 2. The quantitative estimate of drug-likeness (QED) is 0.383. The highest BCUT2D eigenvalue weighted by molar-refractivity contribution is 7.99. The lowest BCUT2D eigenvalue weighted by Gasteiger charge is -2.28. The van der Waals surface area contributed by atoms with Gasteiger partial charge in [-0.2, -0.15) is 0 Å². The fourth-order valence-corrected chi connectivity index (χ4v) is 4.47. The van der Waals surface area contributed by atoms with E-state index in [1.54, 1.807) is 30.1 Å². The van der Waals surface area contributed by atoms with Gasteiger partial charge in [-0.15, -0.1) is 0 Å². The zero-order chi connectivity index (χ0) is 23.2. The van der Waals surface area contributed by atoms with E-state index in [4.69, 9.17) is 14.1 Å². The van der Waals surface area contributed by atoms with Gasteiger partial charge in [-0.3, -0.25) is 4.79 Å². The van der Waals surface area contributed by atoms with Crippen LogP contribution in [0.3, 0.4) is 0 Å². The maximum atomic E-state index is 12.1. The number of hydrogen-bond acceptors (Lipinski definition) is 7. The molecular formula is C26H24N4O3S. The monoisotopic (exact) mass is 472 g/mol. The van der Waals surface area contributed by atoms with Crippen molar-refractivity contribution >= 4 is 29.0 Å². The molecule has 34 heavy (non-hydrogen) atoms. The second-order valence-electron chi connectivity index (χ2n) is 7.81. The molecule has 0 aliphatic carbocycles. The van der Waals surface area contributed by atoms with Gasteiger partial charge < -0.3 is 19.4 Å². The van der Waals surface area contributed by atoms with Gasteiger partial charge in [0.15, 0.2) is 5.76 Å². The molecule has 0 bridgehead atoms. The molecule has 1 saturated heterocycles. The van der Waals surface area contributed by atoms with E-state index in [9.17, 15) is 4.79 Å². The standard InChI is InChI=1S/C26H24N4O3S/c31-26(23-2-1-15-33-23)28-20-5-9-22(10-6-20)34-25-11-12-27-24(29-25)18-19-3-7-21(8-4-19)30-13-16-32-17-14-30/h1-12,15H,13-14,16-18H2,(H,28,31). The number of ether oxygens (including phenoxy) is 1. The van der Waals surface area contributed by atoms with Gasteiger partial charge in [0.2, 0.25) is 0 Å². The van der Waals surface area contributed by atoms with Crippen LogP contribution in [0.2, 0.25) is 0 Å². The third-order valence-corrected chi connectivity index (χ3v) is 6.38. The average Bonchev–Trinajstić information content (AvgIpc) is 3.42. The molecule has 2 aromatic heterocycles. The summed E-state index contributed by atoms with van der Waals surface area (Å²) in [6, 6.07) is 21.5. The number of amides is 1. The predicted octanol–water partition coefficient (Wildman–Crippen LogP) is 4.90. The van der Waals surface area contributed by atoms with Crippen LogP contribution in [0.25, 0.3) is 0 Å². The summed E-state index contributed by atoms with van der Waals surface area (Å²) in [6.45, 7) is 3.42. The Morgan fingerprint density at radius 3 is 2.53 bits per heavy atom. The van der Waals surface area contributed by atoms with Crippen molar-refractivity contribution in [1.29, 1.82) is 0 Å². The van der Waals surface area contributed by atoms with Crippen molar-refractivity contribution in [1.82, 2.24) is 9.97 Å². The van der Waals surface area contributed by atoms with Crippen LogP contribution in [0.15, 0.2) is 93.5 Å². The predicted molar refractivity (Wildman–Crippen MR) is 132 cm³/mol. The van der Waals surface area contributed by atoms with Gasteiger partial charge >= 0.3 is 0 Å². The van der Waals surface area contributed by atoms with E-state index in [0.29, 0.717) is 12.1 Å². The molecule has 7 nitrogen and oxygen atoms in total. The Morgan fingerprint density at radius 2 is 1.79 bits per heavy atom. The summed E-state index contributed by atoms with van der Waals surface area (Å²) in [4.78, 5) is 24.6. The smallest absolute Gasteiger partial charge is 0.291 e. The zero-order valence-corrected chi connectivity index (χ0v) is 19.3. The maximum Gasteiger partial charge on any atom is 0.291 e. The average molecular weight is 473 g/mol. The van der Waals surface area contributed by atoms with Crippen molar-refractivity contribution < 1.29 is 13.9 Å². The van der Waals surface area contributed by atoms with Gasteiger partial charge in [-0.05, 0) is 60.2 Å². The SMILES string of the molecule is O=C(Nc1ccc(Sc2ccnc(Cc3ccc(N4CCOCC4)cc3)n2)cc1)c1ccco1. The van der Waals surface area contributed by atoms with E-state index < -0.39 is 0 Å². The summed E-state index contributed by atoms with van der Waals surface area (Å²) in [7, 11) is 0. The van der Waals surface area contributed by atoms with E-state index in [1.807, 2.05) is 30.3 Å². The molecule has 8 heteroatoms. The minimum atomic E-state index is -0.274. The number of nitrogens with one attached hydrogen (secondary N) is 1. The summed E-state index contributed by atoms with van der Waals surface area (Å²) < 4.78 is 10.6. The van der Waals surface area contributed by atoms with E-state index in [2.05, 4.69) is 39.5 Å². The van der Waals surface area contributed by atoms with Gasteiger partial charge in [0.25, 0.3) is 5.91 Å². The fraction of sp³-hybridized carbons (Fsp3) is 0.192. The highest BCUT2D eigenvalue weighted by Crippen LogP contribution is 2.27. The van der Waals surface area contributed by atoms with Gasteiger partial charge in [0, 0.05) is 42.0 Å². The highest BCUT2D eigenvalue weighted by atomic mass is 32.2. The Balaban J connectivity index is 1.19. The van der Waals surface area contributed by atoms with Crippen LogP contribution < -0.4 is 10.2 Å². The number of nitrogens with zero attached hydrogens (tertiary/aromatic N) is 3. The van der Waals surface area contributed by atoms with Crippen molar-refractivity contribution in [3.05, 3.63) is 96.3 Å². The zero-order valence-electron chi connectivity index (χ0n) is 18.5. The number of furan rings is 1. The first-order valence-electron chi connectivity index (χ1n) is 11.1. The summed E-state index contributed by atoms with van der Waals surface area (Å²) in [5.74, 6) is 0.790. The summed E-state index contributed by atoms with van der Waals surface area (Å²) in [5.41, 5.74) is 3.10. The van der Waals surface area contributed by atoms with Gasteiger partial charge in [0.05, 0.1) is 19.5 Å². The van der Waals surface area contributed by atoms with E-state index >= 15 is 0 Å². The number of morpholine rings is 1. The molecular weight excluding hydrogens is 448 g/mol. The highest BCUT2D eigenvalue weighted by Gasteiger charge is 2.12. The van der Waals surface area contributed by atoms with Crippen molar-refractivity contribution in [2.75, 3.05) is 36.5 Å². The normalized spacial score (nSPS) is 13.6.